The van der Waals surface area contributed by atoms with Crippen LogP contribution in [0.15, 0.2) is 35.5 Å². The van der Waals surface area contributed by atoms with Gasteiger partial charge in [-0.1, -0.05) is 18.2 Å². The van der Waals surface area contributed by atoms with Crippen LogP contribution in [0.3, 0.4) is 0 Å². The fourth-order valence-corrected chi connectivity index (χ4v) is 4.29. The molecule has 2 aromatic rings. The van der Waals surface area contributed by atoms with Gasteiger partial charge in [0.15, 0.2) is 5.96 Å². The Labute approximate surface area is 148 Å². The van der Waals surface area contributed by atoms with Gasteiger partial charge in [-0.15, -0.1) is 0 Å². The number of nitrogens with one attached hydrogen (secondary N) is 3. The normalized spacial score (nSPS) is 21.3. The van der Waals surface area contributed by atoms with Crippen molar-refractivity contribution in [1.82, 2.24) is 15.6 Å². The second kappa shape index (κ2) is 8.47. The average molecular weight is 345 g/mol. The molecule has 1 fully saturated rings. The van der Waals surface area contributed by atoms with Gasteiger partial charge in [-0.2, -0.15) is 11.8 Å². The minimum absolute atomic E-state index is 0.572. The van der Waals surface area contributed by atoms with Crippen LogP contribution in [0.1, 0.15) is 31.2 Å². The van der Waals surface area contributed by atoms with Crippen LogP contribution in [0.25, 0.3) is 10.9 Å². The summed E-state index contributed by atoms with van der Waals surface area (Å²) in [6.07, 6.45) is 10.3. The first-order chi connectivity index (χ1) is 11.8. The summed E-state index contributed by atoms with van der Waals surface area (Å²) < 4.78 is 0. The van der Waals surface area contributed by atoms with Crippen LogP contribution in [-0.4, -0.2) is 42.1 Å². The molecule has 1 heterocycles. The summed E-state index contributed by atoms with van der Waals surface area (Å²) >= 11 is 1.99. The monoisotopic (exact) mass is 344 g/mol. The minimum Gasteiger partial charge on any atom is -0.361 e. The molecule has 0 saturated heterocycles. The third kappa shape index (κ3) is 4.26. The SMILES string of the molecule is CN=C(NCCCc1c[nH]c2ccccc12)NC1CCC(SC)C1. The Kier molecular flexibility index (Phi) is 6.07. The van der Waals surface area contributed by atoms with E-state index in [4.69, 9.17) is 0 Å². The number of para-hydroxylation sites is 1. The Morgan fingerprint density at radius 1 is 1.33 bits per heavy atom. The molecular weight excluding hydrogens is 316 g/mol. The van der Waals surface area contributed by atoms with E-state index in [1.807, 2.05) is 18.8 Å². The number of nitrogens with zero attached hydrogens (tertiary/aromatic N) is 1. The zero-order chi connectivity index (χ0) is 16.8. The molecule has 1 aromatic heterocycles. The van der Waals surface area contributed by atoms with E-state index < -0.39 is 0 Å². The van der Waals surface area contributed by atoms with Gasteiger partial charge in [0.2, 0.25) is 0 Å². The van der Waals surface area contributed by atoms with Crippen LogP contribution in [0, 0.1) is 0 Å². The molecular formula is C19H28N4S. The second-order valence-electron chi connectivity index (χ2n) is 6.47. The number of H-pyrrole nitrogens is 1. The van der Waals surface area contributed by atoms with Crippen molar-refractivity contribution in [1.29, 1.82) is 0 Å². The quantitative estimate of drug-likeness (QED) is 0.427. The summed E-state index contributed by atoms with van der Waals surface area (Å²) in [5, 5.41) is 9.18. The molecule has 4 nitrogen and oxygen atoms in total. The van der Waals surface area contributed by atoms with E-state index in [0.29, 0.717) is 6.04 Å². The molecule has 2 atom stereocenters. The first-order valence-electron chi connectivity index (χ1n) is 8.85. The molecule has 0 amide bonds. The number of rotatable bonds is 6. The lowest BCUT2D eigenvalue weighted by Crippen LogP contribution is -2.42. The molecule has 24 heavy (non-hydrogen) atoms. The fourth-order valence-electron chi connectivity index (χ4n) is 3.50. The predicted octanol–water partition coefficient (Wildman–Crippen LogP) is 3.55. The van der Waals surface area contributed by atoms with E-state index in [9.17, 15) is 0 Å². The molecule has 1 aliphatic rings. The lowest BCUT2D eigenvalue weighted by molar-refractivity contribution is 0.611. The molecule has 1 saturated carbocycles. The van der Waals surface area contributed by atoms with E-state index in [1.54, 1.807) is 0 Å². The highest BCUT2D eigenvalue weighted by molar-refractivity contribution is 7.99. The number of aryl methyl sites for hydroxylation is 1. The Balaban J connectivity index is 1.42. The third-order valence-corrected chi connectivity index (χ3v) is 5.97. The number of fused-ring (bicyclic) bond motifs is 1. The van der Waals surface area contributed by atoms with Gasteiger partial charge in [-0.3, -0.25) is 4.99 Å². The summed E-state index contributed by atoms with van der Waals surface area (Å²) in [7, 11) is 1.86. The van der Waals surface area contributed by atoms with Crippen LogP contribution in [-0.2, 0) is 6.42 Å². The molecule has 3 N–H and O–H groups in total. The number of thioether (sulfide) groups is 1. The highest BCUT2D eigenvalue weighted by Gasteiger charge is 2.24. The Hall–Kier alpha value is -1.62. The first kappa shape index (κ1) is 17.2. The van der Waals surface area contributed by atoms with Crippen LogP contribution in [0.4, 0.5) is 0 Å². The minimum atomic E-state index is 0.572. The number of aromatic nitrogens is 1. The number of hydrogen-bond donors (Lipinski definition) is 3. The highest BCUT2D eigenvalue weighted by Crippen LogP contribution is 2.28. The zero-order valence-electron chi connectivity index (χ0n) is 14.6. The summed E-state index contributed by atoms with van der Waals surface area (Å²) in [4.78, 5) is 7.72. The van der Waals surface area contributed by atoms with Gasteiger partial charge in [0, 0.05) is 42.0 Å². The van der Waals surface area contributed by atoms with Crippen molar-refractivity contribution < 1.29 is 0 Å². The summed E-state index contributed by atoms with van der Waals surface area (Å²) in [6, 6.07) is 9.07. The van der Waals surface area contributed by atoms with Crippen molar-refractivity contribution in [2.24, 2.45) is 4.99 Å². The maximum atomic E-state index is 4.37. The van der Waals surface area contributed by atoms with Crippen molar-refractivity contribution in [3.63, 3.8) is 0 Å². The summed E-state index contributed by atoms with van der Waals surface area (Å²) in [5.74, 6) is 0.945. The van der Waals surface area contributed by atoms with Crippen molar-refractivity contribution >= 4 is 28.6 Å². The standard InChI is InChI=1S/C19H28N4S/c1-20-19(23-15-9-10-16(12-15)24-2)21-11-5-6-14-13-22-18-8-4-3-7-17(14)18/h3-4,7-8,13,15-16,22H,5-6,9-12H2,1-2H3,(H2,20,21,23). The number of guanidine groups is 1. The summed E-state index contributed by atoms with van der Waals surface area (Å²) in [6.45, 7) is 0.942. The number of hydrogen-bond acceptors (Lipinski definition) is 2. The van der Waals surface area contributed by atoms with E-state index in [-0.39, 0.29) is 0 Å². The molecule has 0 bridgehead atoms. The van der Waals surface area contributed by atoms with Crippen LogP contribution in [0.5, 0.6) is 0 Å². The van der Waals surface area contributed by atoms with Gasteiger partial charge < -0.3 is 15.6 Å². The lowest BCUT2D eigenvalue weighted by atomic mass is 10.1. The van der Waals surface area contributed by atoms with Crippen LogP contribution < -0.4 is 10.6 Å². The van der Waals surface area contributed by atoms with Gasteiger partial charge in [0.1, 0.15) is 0 Å². The largest absolute Gasteiger partial charge is 0.361 e. The Morgan fingerprint density at radius 3 is 3.00 bits per heavy atom. The van der Waals surface area contributed by atoms with Crippen molar-refractivity contribution in [3.8, 4) is 0 Å². The van der Waals surface area contributed by atoms with Gasteiger partial charge in [-0.05, 0) is 50.0 Å². The van der Waals surface area contributed by atoms with Crippen molar-refractivity contribution in [2.45, 2.75) is 43.4 Å². The van der Waals surface area contributed by atoms with Gasteiger partial charge in [0.05, 0.1) is 0 Å². The van der Waals surface area contributed by atoms with E-state index in [1.165, 1.54) is 35.7 Å². The topological polar surface area (TPSA) is 52.2 Å². The maximum Gasteiger partial charge on any atom is 0.191 e. The first-order valence-corrected chi connectivity index (χ1v) is 10.1. The van der Waals surface area contributed by atoms with Crippen LogP contribution in [0.2, 0.25) is 0 Å². The molecule has 0 aliphatic heterocycles. The maximum absolute atomic E-state index is 4.37. The van der Waals surface area contributed by atoms with Crippen molar-refractivity contribution in [2.75, 3.05) is 19.8 Å². The van der Waals surface area contributed by atoms with Gasteiger partial charge in [-0.25, -0.2) is 0 Å². The molecule has 5 heteroatoms. The predicted molar refractivity (Wildman–Crippen MR) is 106 cm³/mol. The second-order valence-corrected chi connectivity index (χ2v) is 7.61. The number of aromatic amines is 1. The lowest BCUT2D eigenvalue weighted by Gasteiger charge is -2.17. The molecule has 1 aromatic carbocycles. The number of aliphatic imine (C=N–C) groups is 1. The van der Waals surface area contributed by atoms with E-state index in [2.05, 4.69) is 57.3 Å². The van der Waals surface area contributed by atoms with Crippen LogP contribution >= 0.6 is 11.8 Å². The molecule has 3 rings (SSSR count). The fraction of sp³-hybridized carbons (Fsp3) is 0.526. The zero-order valence-corrected chi connectivity index (χ0v) is 15.5. The van der Waals surface area contributed by atoms with E-state index in [0.717, 1.165) is 30.6 Å². The molecule has 0 radical (unpaired) electrons. The average Bonchev–Trinajstić information content (AvgIpc) is 3.24. The number of benzene rings is 1. The smallest absolute Gasteiger partial charge is 0.191 e. The molecule has 0 spiro atoms. The van der Waals surface area contributed by atoms with Gasteiger partial charge >= 0.3 is 0 Å². The van der Waals surface area contributed by atoms with E-state index >= 15 is 0 Å². The Morgan fingerprint density at radius 2 is 2.21 bits per heavy atom. The third-order valence-electron chi connectivity index (χ3n) is 4.87. The van der Waals surface area contributed by atoms with Crippen molar-refractivity contribution in [3.05, 3.63) is 36.0 Å². The Bertz CT molecular complexity index is 679. The molecule has 130 valence electrons. The molecule has 1 aliphatic carbocycles. The summed E-state index contributed by atoms with van der Waals surface area (Å²) in [5.41, 5.74) is 2.62. The highest BCUT2D eigenvalue weighted by atomic mass is 32.2. The molecule has 2 unspecified atom stereocenters. The van der Waals surface area contributed by atoms with Gasteiger partial charge in [0.25, 0.3) is 0 Å².